The van der Waals surface area contributed by atoms with E-state index in [4.69, 9.17) is 9.84 Å². The van der Waals surface area contributed by atoms with Gasteiger partial charge in [-0.2, -0.15) is 0 Å². The smallest absolute Gasteiger partial charge is 0.213 e. The van der Waals surface area contributed by atoms with E-state index in [-0.39, 0.29) is 47.2 Å². The fourth-order valence-corrected chi connectivity index (χ4v) is 28.3. The van der Waals surface area contributed by atoms with Crippen LogP contribution in [-0.4, -0.2) is 201 Å². The van der Waals surface area contributed by atoms with Crippen LogP contribution < -0.4 is 36.6 Å². The highest BCUT2D eigenvalue weighted by molar-refractivity contribution is 7.93. The zero-order chi connectivity index (χ0) is 98.8. The lowest BCUT2D eigenvalue weighted by molar-refractivity contribution is 0.104. The highest BCUT2D eigenvalue weighted by Gasteiger charge is 2.36. The summed E-state index contributed by atoms with van der Waals surface area (Å²) in [5, 5.41) is 43.1. The van der Waals surface area contributed by atoms with Crippen LogP contribution in [0.2, 0.25) is 0 Å². The zero-order valence-corrected chi connectivity index (χ0v) is 82.6. The molecule has 17 aromatic rings. The van der Waals surface area contributed by atoms with Crippen molar-refractivity contribution in [2.75, 3.05) is 86.6 Å². The second kappa shape index (κ2) is 40.7. The number of nitrogens with zero attached hydrogens (tertiary/aromatic N) is 16. The Morgan fingerprint density at radius 1 is 0.387 bits per heavy atom. The minimum atomic E-state index is -3.22. The Balaban J connectivity index is 0.000000108. The number of sulfone groups is 6. The van der Waals surface area contributed by atoms with Gasteiger partial charge in [-0.3, -0.25) is 4.98 Å². The number of aliphatic hydroxyl groups excluding tert-OH is 2. The topological polar surface area (TPSA) is 525 Å². The number of nitrogens with one attached hydrogen (secondary N) is 6. The molecule has 24 rings (SSSR count). The quantitative estimate of drug-likeness (QED) is 0.0282. The molecular weight excluding hydrogens is 1970 g/mol. The predicted molar refractivity (Wildman–Crippen MR) is 545 cm³/mol. The Kier molecular flexibility index (Phi) is 27.8. The van der Waals surface area contributed by atoms with Gasteiger partial charge in [0.1, 0.15) is 72.9 Å². The first-order valence-electron chi connectivity index (χ1n) is 45.2. The lowest BCUT2D eigenvalue weighted by Crippen LogP contribution is -2.25. The molecule has 0 radical (unpaired) electrons. The van der Waals surface area contributed by atoms with Crippen molar-refractivity contribution >= 4 is 207 Å². The molecule has 0 spiro atoms. The normalized spacial score (nSPS) is 17.1. The van der Waals surface area contributed by atoms with Gasteiger partial charge >= 0.3 is 0 Å². The summed E-state index contributed by atoms with van der Waals surface area (Å²) in [5.41, 5.74) is 12.9. The van der Waals surface area contributed by atoms with Gasteiger partial charge in [0.25, 0.3) is 0 Å². The van der Waals surface area contributed by atoms with Gasteiger partial charge in [0.2, 0.25) is 5.88 Å². The molecule has 728 valence electrons. The largest absolute Gasteiger partial charge is 0.481 e. The van der Waals surface area contributed by atoms with Gasteiger partial charge in [0.15, 0.2) is 59.0 Å². The fraction of sp³-hybridized carbons (Fsp3) is 0.247. The molecule has 15 heterocycles. The number of fused-ring (bicyclic) bond motifs is 18. The van der Waals surface area contributed by atoms with Crippen molar-refractivity contribution < 1.29 is 65.5 Å². The van der Waals surface area contributed by atoms with Gasteiger partial charge < -0.3 is 51.4 Å². The van der Waals surface area contributed by atoms with Gasteiger partial charge in [-0.25, -0.2) is 120 Å². The number of pyridine rings is 2. The Bertz CT molecular complexity index is 8370. The molecule has 0 amide bonds. The van der Waals surface area contributed by atoms with Crippen LogP contribution in [0.15, 0.2) is 254 Å². The number of ether oxygens (including phenoxy) is 1. The molecule has 0 bridgehead atoms. The van der Waals surface area contributed by atoms with Crippen molar-refractivity contribution in [3.63, 3.8) is 0 Å². The van der Waals surface area contributed by atoms with Gasteiger partial charge in [0.05, 0.1) is 153 Å². The van der Waals surface area contributed by atoms with Crippen LogP contribution >= 0.6 is 25.3 Å². The van der Waals surface area contributed by atoms with E-state index < -0.39 is 59.0 Å². The first kappa shape index (κ1) is 97.1. The van der Waals surface area contributed by atoms with Gasteiger partial charge in [-0.1, -0.05) is 12.5 Å². The molecule has 0 saturated heterocycles. The van der Waals surface area contributed by atoms with Crippen LogP contribution in [0.3, 0.4) is 0 Å². The Morgan fingerprint density at radius 3 is 1.11 bits per heavy atom. The number of aromatic nitrogens is 16. The first-order chi connectivity index (χ1) is 68.4. The Morgan fingerprint density at radius 2 is 0.754 bits per heavy atom. The number of methoxy groups -OCH3 is 1. The monoisotopic (exact) mass is 2060 g/mol. The average Bonchev–Trinajstić information content (AvgIpc) is 1.66. The predicted octanol–water partition coefficient (Wildman–Crippen LogP) is 13.3. The van der Waals surface area contributed by atoms with Crippen LogP contribution in [0.5, 0.6) is 5.88 Å². The lowest BCUT2D eigenvalue weighted by atomic mass is 9.87. The number of rotatable bonds is 18. The number of anilines is 10. The van der Waals surface area contributed by atoms with Crippen LogP contribution in [0, 0.1) is 5.92 Å². The molecule has 6 aliphatic heterocycles. The summed E-state index contributed by atoms with van der Waals surface area (Å²) < 4.78 is 153. The minimum absolute atomic E-state index is 0.114. The molecule has 45 heteroatoms. The van der Waals surface area contributed by atoms with E-state index in [1.165, 1.54) is 38.0 Å². The molecule has 37 nitrogen and oxygen atoms in total. The molecule has 9 aromatic heterocycles. The Labute approximate surface area is 827 Å². The maximum atomic E-state index is 12.2. The van der Waals surface area contributed by atoms with Gasteiger partial charge in [-0.15, -0.1) is 25.3 Å². The highest BCUT2D eigenvalue weighted by Crippen LogP contribution is 2.43. The maximum absolute atomic E-state index is 12.2. The maximum Gasteiger partial charge on any atom is 0.213 e. The van der Waals surface area contributed by atoms with Crippen molar-refractivity contribution in [1.29, 1.82) is 0 Å². The van der Waals surface area contributed by atoms with Crippen LogP contribution in [0.25, 0.3) is 65.4 Å². The standard InChI is InChI=1S/C17H21N3O3S.C16H17N5O2S.2C16H14N4O3S.2C16H13N3O2S2/c21-12-3-1-2-11(8-12)9-18-17-16-13-6-7-24(22,23)15(13)5-4-14(16)19-10-20-17;22-24(23)9-4-12-14(24)3-2-13-15(12)16(20-10-19-13)18-5-1-7-21-8-6-17-11-21;1-23-14-5-2-10(8-17-14)20-16-15-11-6-7-24(21,22)13(11)4-3-12(15)18-9-19-16;21-8-11-2-1-10(7-17-11)20-16-15-12-5-6-24(22,23)14(12)4-3-13(15)18-9-19-16;20-23(21)8-7-12-14(23)6-5-13-15(12)16(18-9-17-13)19-10-1-3-11(22)4-2-10;20-23(21)7-6-12-14(23)5-4-13-15(12)16(18-9-17-13)19-10-2-1-3-11(22)8-10/h4-5,10-12,21H,1-3,6-9H2,(H,18,19,20);2-3,6,8,10-11H,1,4-5,7,9H2,(H,18,19,20);2-5,8-9H,6-7H2,1H3,(H,18,19,20);1-4,7,9,21H,5-6,8H2,(H,18,19,20);1-6,9,22H,7-8H2,(H,17,18,19);1-5,8-9,22H,6-7H2,(H,17,18,19). The van der Waals surface area contributed by atoms with Crippen molar-refractivity contribution in [2.45, 2.75) is 129 Å². The number of hydrogen-bond acceptors (Lipinski definition) is 38. The molecule has 8 N–H and O–H groups in total. The first-order valence-corrected chi connectivity index (χ1v) is 56.1. The van der Waals surface area contributed by atoms with E-state index in [0.29, 0.717) is 137 Å². The Hall–Kier alpha value is -13.8. The van der Waals surface area contributed by atoms with Crippen molar-refractivity contribution in [3.8, 4) is 5.88 Å². The van der Waals surface area contributed by atoms with Crippen LogP contribution in [0.4, 0.5) is 57.7 Å². The zero-order valence-electron chi connectivity index (χ0n) is 75.9. The van der Waals surface area contributed by atoms with Crippen molar-refractivity contribution in [1.82, 2.24) is 79.3 Å². The minimum Gasteiger partial charge on any atom is -0.481 e. The summed E-state index contributed by atoms with van der Waals surface area (Å²) in [6.45, 7) is 2.21. The molecule has 142 heavy (non-hydrogen) atoms. The lowest BCUT2D eigenvalue weighted by Gasteiger charge is -2.26. The summed E-state index contributed by atoms with van der Waals surface area (Å²) in [5.74, 6) is 5.54. The molecule has 2 unspecified atom stereocenters. The number of aryl methyl sites for hydroxylation is 7. The number of aliphatic hydroxyl groups is 2. The van der Waals surface area contributed by atoms with E-state index in [0.717, 1.165) is 166 Å². The van der Waals surface area contributed by atoms with E-state index in [1.807, 2.05) is 65.4 Å². The summed E-state index contributed by atoms with van der Waals surface area (Å²) in [7, 11) is -17.6. The van der Waals surface area contributed by atoms with Crippen LogP contribution in [0.1, 0.15) is 71.2 Å². The molecule has 7 aliphatic rings. The SMILES string of the molecule is COc1ccc(Nc2ncnc3ccc4c(c23)CCS4(=O)=O)cn1.O=S1(=O)CCc2c1ccc1ncnc(NCC3CCCC(O)C3)c21.O=S1(=O)CCc2c1ccc1ncnc(NCCCn3ccnc3)c21.O=S1(=O)CCc2c1ccc1ncnc(Nc3ccc(CO)nc3)c21.O=S1(=O)CCc2c1ccc1ncnc(Nc3ccc(S)cc3)c21.O=S1(=O)CCc2c1ccc1ncnc(Nc3cccc(S)c3)c21. The molecule has 2 atom stereocenters. The number of imidazole rings is 1. The molecule has 1 fully saturated rings. The second-order valence-electron chi connectivity index (χ2n) is 34.4. The second-order valence-corrected chi connectivity index (χ2v) is 47.9. The average molecular weight is 2060 g/mol. The number of thiol groups is 2. The van der Waals surface area contributed by atoms with E-state index in [2.05, 4.69) is 132 Å². The summed E-state index contributed by atoms with van der Waals surface area (Å²) in [6.07, 6.45) is 25.1. The summed E-state index contributed by atoms with van der Waals surface area (Å²) in [6, 6.07) is 42.5. The summed E-state index contributed by atoms with van der Waals surface area (Å²) >= 11 is 8.60. The third-order valence-electron chi connectivity index (χ3n) is 25.4. The van der Waals surface area contributed by atoms with E-state index in [1.54, 1.807) is 123 Å². The molecular formula is C97H92N22O15S8. The van der Waals surface area contributed by atoms with E-state index >= 15 is 0 Å². The van der Waals surface area contributed by atoms with E-state index in [9.17, 15) is 55.6 Å². The van der Waals surface area contributed by atoms with Crippen molar-refractivity contribution in [2.24, 2.45) is 5.92 Å². The molecule has 1 aliphatic carbocycles. The third-order valence-corrected chi connectivity index (χ3v) is 36.7. The third kappa shape index (κ3) is 20.7. The van der Waals surface area contributed by atoms with Crippen LogP contribution in [-0.2, 0) is 111 Å². The van der Waals surface area contributed by atoms with Crippen molar-refractivity contribution in [3.05, 3.63) is 254 Å². The number of benzene rings is 8. The molecule has 8 aromatic carbocycles. The summed E-state index contributed by atoms with van der Waals surface area (Å²) in [4.78, 5) is 67.8. The van der Waals surface area contributed by atoms with Gasteiger partial charge in [0, 0.05) is 91.6 Å². The van der Waals surface area contributed by atoms with Gasteiger partial charge in [-0.05, 0) is 237 Å². The number of hydrogen-bond donors (Lipinski definition) is 10. The highest BCUT2D eigenvalue weighted by atomic mass is 32.2. The fourth-order valence-electron chi connectivity index (χ4n) is 18.6. The molecule has 1 saturated carbocycles.